The second-order valence-electron chi connectivity index (χ2n) is 5.99. The Morgan fingerprint density at radius 2 is 1.35 bits per heavy atom. The first-order chi connectivity index (χ1) is 9.40. The fourth-order valence-corrected chi connectivity index (χ4v) is 3.27. The highest BCUT2D eigenvalue weighted by molar-refractivity contribution is 5.41. The average molecular weight is 267 g/mol. The normalized spacial score (nSPS) is 12.5. The molecule has 20 heavy (non-hydrogen) atoms. The minimum atomic E-state index is 0.0660. The molecule has 2 aromatic carbocycles. The van der Waals surface area contributed by atoms with Crippen LogP contribution in [0, 0.1) is 34.6 Å². The summed E-state index contributed by atoms with van der Waals surface area (Å²) in [6.07, 6.45) is 0.906. The number of rotatable bonds is 3. The Morgan fingerprint density at radius 3 is 1.85 bits per heavy atom. The molecule has 0 spiro atoms. The van der Waals surface area contributed by atoms with Crippen LogP contribution in [0.1, 0.15) is 45.0 Å². The zero-order valence-electron chi connectivity index (χ0n) is 13.2. The molecular formula is C19H25N. The molecule has 0 bridgehead atoms. The third kappa shape index (κ3) is 2.94. The lowest BCUT2D eigenvalue weighted by Crippen LogP contribution is -2.17. The van der Waals surface area contributed by atoms with Gasteiger partial charge in [0.2, 0.25) is 0 Å². The van der Waals surface area contributed by atoms with E-state index >= 15 is 0 Å². The maximum absolute atomic E-state index is 6.50. The van der Waals surface area contributed by atoms with Crippen LogP contribution in [0.25, 0.3) is 0 Å². The van der Waals surface area contributed by atoms with Gasteiger partial charge < -0.3 is 5.73 Å². The molecule has 1 unspecified atom stereocenters. The molecule has 106 valence electrons. The highest BCUT2D eigenvalue weighted by Gasteiger charge is 2.15. The standard InChI is InChI=1S/C19H25N/c1-12-9-15(4)17(16(5)10-12)11-18(20)19-13(2)7-6-8-14(19)3/h6-10,18H,11,20H2,1-5H3. The predicted octanol–water partition coefficient (Wildman–Crippen LogP) is 4.47. The first-order valence-electron chi connectivity index (χ1n) is 7.28. The summed E-state index contributed by atoms with van der Waals surface area (Å²) in [6, 6.07) is 11.0. The lowest BCUT2D eigenvalue weighted by atomic mass is 9.89. The van der Waals surface area contributed by atoms with Gasteiger partial charge in [0.1, 0.15) is 0 Å². The third-order valence-electron chi connectivity index (χ3n) is 4.18. The molecule has 0 saturated heterocycles. The van der Waals surface area contributed by atoms with Crippen molar-refractivity contribution in [2.75, 3.05) is 0 Å². The monoisotopic (exact) mass is 267 g/mol. The van der Waals surface area contributed by atoms with E-state index in [1.165, 1.54) is 38.9 Å². The first-order valence-corrected chi connectivity index (χ1v) is 7.28. The maximum atomic E-state index is 6.50. The molecule has 0 fully saturated rings. The Bertz CT molecular complexity index is 582. The largest absolute Gasteiger partial charge is 0.324 e. The van der Waals surface area contributed by atoms with Crippen LogP contribution < -0.4 is 5.73 Å². The van der Waals surface area contributed by atoms with Crippen molar-refractivity contribution in [3.63, 3.8) is 0 Å². The van der Waals surface area contributed by atoms with E-state index < -0.39 is 0 Å². The van der Waals surface area contributed by atoms with Crippen molar-refractivity contribution in [3.05, 3.63) is 69.3 Å². The summed E-state index contributed by atoms with van der Waals surface area (Å²) in [5.41, 5.74) is 15.8. The number of hydrogen-bond acceptors (Lipinski definition) is 1. The number of aryl methyl sites for hydroxylation is 5. The van der Waals surface area contributed by atoms with Crippen LogP contribution in [0.15, 0.2) is 30.3 Å². The van der Waals surface area contributed by atoms with E-state index in [2.05, 4.69) is 65.0 Å². The van der Waals surface area contributed by atoms with Crippen molar-refractivity contribution in [2.24, 2.45) is 5.73 Å². The smallest absolute Gasteiger partial charge is 0.0341 e. The molecule has 2 rings (SSSR count). The topological polar surface area (TPSA) is 26.0 Å². The molecule has 1 nitrogen and oxygen atoms in total. The summed E-state index contributed by atoms with van der Waals surface area (Å²) in [4.78, 5) is 0. The summed E-state index contributed by atoms with van der Waals surface area (Å²) in [6.45, 7) is 10.8. The first kappa shape index (κ1) is 14.8. The molecule has 2 N–H and O–H groups in total. The number of benzene rings is 2. The second kappa shape index (κ2) is 5.80. The Balaban J connectivity index is 2.35. The maximum Gasteiger partial charge on any atom is 0.0341 e. The predicted molar refractivity (Wildman–Crippen MR) is 87.2 cm³/mol. The van der Waals surface area contributed by atoms with Crippen molar-refractivity contribution in [2.45, 2.75) is 47.1 Å². The van der Waals surface area contributed by atoms with Gasteiger partial charge in [0.25, 0.3) is 0 Å². The van der Waals surface area contributed by atoms with Crippen molar-refractivity contribution >= 4 is 0 Å². The van der Waals surface area contributed by atoms with Crippen LogP contribution in [0.2, 0.25) is 0 Å². The SMILES string of the molecule is Cc1cc(C)c(CC(N)c2c(C)cccc2C)c(C)c1. The van der Waals surface area contributed by atoms with Crippen LogP contribution in [-0.2, 0) is 6.42 Å². The van der Waals surface area contributed by atoms with Crippen molar-refractivity contribution in [3.8, 4) is 0 Å². The third-order valence-corrected chi connectivity index (χ3v) is 4.18. The van der Waals surface area contributed by atoms with Gasteiger partial charge in [-0.05, 0) is 74.4 Å². The van der Waals surface area contributed by atoms with E-state index in [1.807, 2.05) is 0 Å². The second-order valence-corrected chi connectivity index (χ2v) is 5.99. The molecule has 0 aliphatic carbocycles. The molecule has 0 heterocycles. The minimum Gasteiger partial charge on any atom is -0.324 e. The Labute approximate surface area is 122 Å². The van der Waals surface area contributed by atoms with E-state index in [0.29, 0.717) is 0 Å². The van der Waals surface area contributed by atoms with E-state index in [1.54, 1.807) is 0 Å². The summed E-state index contributed by atoms with van der Waals surface area (Å²) < 4.78 is 0. The van der Waals surface area contributed by atoms with Gasteiger partial charge in [0.05, 0.1) is 0 Å². The highest BCUT2D eigenvalue weighted by Crippen LogP contribution is 2.26. The molecule has 0 aliphatic rings. The van der Waals surface area contributed by atoms with Gasteiger partial charge in [0, 0.05) is 6.04 Å². The summed E-state index contributed by atoms with van der Waals surface area (Å²) in [7, 11) is 0. The van der Waals surface area contributed by atoms with Crippen molar-refractivity contribution in [1.29, 1.82) is 0 Å². The lowest BCUT2D eigenvalue weighted by molar-refractivity contribution is 0.705. The van der Waals surface area contributed by atoms with Crippen LogP contribution in [0.5, 0.6) is 0 Å². The molecule has 0 amide bonds. The quantitative estimate of drug-likeness (QED) is 0.872. The van der Waals surface area contributed by atoms with E-state index in [4.69, 9.17) is 5.73 Å². The van der Waals surface area contributed by atoms with Gasteiger partial charge in [0.15, 0.2) is 0 Å². The zero-order chi connectivity index (χ0) is 14.9. The molecule has 1 atom stereocenters. The fourth-order valence-electron chi connectivity index (χ4n) is 3.27. The van der Waals surface area contributed by atoms with Crippen molar-refractivity contribution in [1.82, 2.24) is 0 Å². The van der Waals surface area contributed by atoms with Crippen LogP contribution >= 0.6 is 0 Å². The zero-order valence-corrected chi connectivity index (χ0v) is 13.2. The molecule has 1 heteroatoms. The van der Waals surface area contributed by atoms with Gasteiger partial charge in [-0.2, -0.15) is 0 Å². The summed E-state index contributed by atoms with van der Waals surface area (Å²) in [5.74, 6) is 0. The van der Waals surface area contributed by atoms with Gasteiger partial charge in [-0.15, -0.1) is 0 Å². The molecule has 0 saturated carbocycles. The average Bonchev–Trinajstić information content (AvgIpc) is 2.33. The molecular weight excluding hydrogens is 242 g/mol. The molecule has 0 aliphatic heterocycles. The summed E-state index contributed by atoms with van der Waals surface area (Å²) in [5, 5.41) is 0. The number of hydrogen-bond donors (Lipinski definition) is 1. The fraction of sp³-hybridized carbons (Fsp3) is 0.368. The van der Waals surface area contributed by atoms with E-state index in [-0.39, 0.29) is 6.04 Å². The molecule has 0 radical (unpaired) electrons. The molecule has 2 aromatic rings. The summed E-state index contributed by atoms with van der Waals surface area (Å²) >= 11 is 0. The van der Waals surface area contributed by atoms with E-state index in [0.717, 1.165) is 6.42 Å². The van der Waals surface area contributed by atoms with E-state index in [9.17, 15) is 0 Å². The van der Waals surface area contributed by atoms with Crippen molar-refractivity contribution < 1.29 is 0 Å². The van der Waals surface area contributed by atoms with Gasteiger partial charge >= 0.3 is 0 Å². The van der Waals surface area contributed by atoms with Crippen LogP contribution in [0.4, 0.5) is 0 Å². The van der Waals surface area contributed by atoms with Gasteiger partial charge in [-0.1, -0.05) is 35.9 Å². The van der Waals surface area contributed by atoms with Crippen LogP contribution in [0.3, 0.4) is 0 Å². The highest BCUT2D eigenvalue weighted by atomic mass is 14.6. The molecule has 0 aromatic heterocycles. The minimum absolute atomic E-state index is 0.0660. The Hall–Kier alpha value is -1.60. The Morgan fingerprint density at radius 1 is 0.850 bits per heavy atom. The number of nitrogens with two attached hydrogens (primary N) is 1. The van der Waals surface area contributed by atoms with Gasteiger partial charge in [-0.25, -0.2) is 0 Å². The van der Waals surface area contributed by atoms with Gasteiger partial charge in [-0.3, -0.25) is 0 Å². The lowest BCUT2D eigenvalue weighted by Gasteiger charge is -2.20. The Kier molecular flexibility index (Phi) is 4.29. The van der Waals surface area contributed by atoms with Crippen LogP contribution in [-0.4, -0.2) is 0 Å².